The van der Waals surface area contributed by atoms with Crippen LogP contribution >= 0.6 is 0 Å². The van der Waals surface area contributed by atoms with Gasteiger partial charge in [-0.1, -0.05) is 30.3 Å². The molecular formula is C18H23NO4. The van der Waals surface area contributed by atoms with E-state index in [0.29, 0.717) is 24.7 Å². The first-order valence-corrected chi connectivity index (χ1v) is 8.31. The lowest BCUT2D eigenvalue weighted by molar-refractivity contribution is -0.119. The maximum absolute atomic E-state index is 12.3. The predicted octanol–water partition coefficient (Wildman–Crippen LogP) is 1.82. The second kappa shape index (κ2) is 7.70. The summed E-state index contributed by atoms with van der Waals surface area (Å²) in [6.45, 7) is 2.81. The lowest BCUT2D eigenvalue weighted by Gasteiger charge is -2.38. The Bertz CT molecular complexity index is 539. The van der Waals surface area contributed by atoms with E-state index in [0.717, 1.165) is 32.5 Å². The van der Waals surface area contributed by atoms with Crippen LogP contribution in [0.2, 0.25) is 0 Å². The zero-order valence-electron chi connectivity index (χ0n) is 13.2. The first-order chi connectivity index (χ1) is 11.3. The molecule has 5 nitrogen and oxygen atoms in total. The van der Waals surface area contributed by atoms with Gasteiger partial charge in [0.05, 0.1) is 6.61 Å². The highest BCUT2D eigenvalue weighted by Gasteiger charge is 2.35. The normalized spacial score (nSPS) is 25.7. The van der Waals surface area contributed by atoms with Crippen LogP contribution in [0.3, 0.4) is 0 Å². The van der Waals surface area contributed by atoms with Crippen LogP contribution in [0.15, 0.2) is 30.3 Å². The number of hydrogen-bond donors (Lipinski definition) is 1. The number of rotatable bonds is 4. The van der Waals surface area contributed by atoms with Crippen LogP contribution in [-0.2, 0) is 14.3 Å². The summed E-state index contributed by atoms with van der Waals surface area (Å²) in [5.74, 6) is -0.232. The third kappa shape index (κ3) is 3.98. The Kier molecular flexibility index (Phi) is 5.41. The summed E-state index contributed by atoms with van der Waals surface area (Å²) < 4.78 is 11.0. The molecule has 3 rings (SSSR count). The lowest BCUT2D eigenvalue weighted by atomic mass is 9.79. The van der Waals surface area contributed by atoms with Gasteiger partial charge in [0.15, 0.2) is 0 Å². The van der Waals surface area contributed by atoms with Crippen molar-refractivity contribution in [2.24, 2.45) is 11.8 Å². The Balaban J connectivity index is 1.64. The summed E-state index contributed by atoms with van der Waals surface area (Å²) in [5, 5.41) is 2.96. The molecule has 0 aromatic heterocycles. The number of carbonyl (C=O) groups excluding carboxylic acids is 2. The number of Topliss-reactive ketones (excluding diaryl/α,β-unsaturated/α-hetero) is 1. The third-order valence-electron chi connectivity index (χ3n) is 4.83. The zero-order chi connectivity index (χ0) is 16.1. The largest absolute Gasteiger partial charge is 0.381 e. The minimum absolute atomic E-state index is 0.00649. The lowest BCUT2D eigenvalue weighted by Crippen LogP contribution is -2.50. The van der Waals surface area contributed by atoms with Crippen molar-refractivity contribution in [3.63, 3.8) is 0 Å². The minimum Gasteiger partial charge on any atom is -0.381 e. The number of benzene rings is 1. The molecule has 0 bridgehead atoms. The van der Waals surface area contributed by atoms with E-state index in [2.05, 4.69) is 5.32 Å². The molecule has 1 aromatic rings. The van der Waals surface area contributed by atoms with Crippen molar-refractivity contribution in [3.05, 3.63) is 35.9 Å². The van der Waals surface area contributed by atoms with Gasteiger partial charge in [0.25, 0.3) is 5.91 Å². The van der Waals surface area contributed by atoms with Crippen LogP contribution in [0.4, 0.5) is 0 Å². The van der Waals surface area contributed by atoms with Crippen LogP contribution in [0.5, 0.6) is 0 Å². The molecule has 0 radical (unpaired) electrons. The number of amides is 1. The second-order valence-corrected chi connectivity index (χ2v) is 6.25. The molecule has 0 spiro atoms. The summed E-state index contributed by atoms with van der Waals surface area (Å²) in [4.78, 5) is 24.6. The molecule has 2 aliphatic rings. The van der Waals surface area contributed by atoms with Crippen LogP contribution < -0.4 is 5.32 Å². The molecule has 2 aliphatic heterocycles. The SMILES string of the molecule is O=C(N[C@@H]1CCOC[C@@H]1C1CCOCC1)C(=O)c1ccccc1. The highest BCUT2D eigenvalue weighted by Crippen LogP contribution is 2.30. The van der Waals surface area contributed by atoms with Gasteiger partial charge in [0, 0.05) is 37.3 Å². The summed E-state index contributed by atoms with van der Waals surface area (Å²) in [6, 6.07) is 8.70. The Labute approximate surface area is 136 Å². The first-order valence-electron chi connectivity index (χ1n) is 8.31. The van der Waals surface area contributed by atoms with E-state index in [1.165, 1.54) is 0 Å². The van der Waals surface area contributed by atoms with Crippen molar-refractivity contribution >= 4 is 11.7 Å². The van der Waals surface area contributed by atoms with E-state index in [9.17, 15) is 9.59 Å². The van der Waals surface area contributed by atoms with Crippen molar-refractivity contribution < 1.29 is 19.1 Å². The highest BCUT2D eigenvalue weighted by atomic mass is 16.5. The predicted molar refractivity (Wildman–Crippen MR) is 85.2 cm³/mol. The topological polar surface area (TPSA) is 64.6 Å². The average molecular weight is 317 g/mol. The maximum Gasteiger partial charge on any atom is 0.292 e. The molecule has 2 atom stereocenters. The van der Waals surface area contributed by atoms with Gasteiger partial charge in [0.2, 0.25) is 5.78 Å². The number of nitrogens with one attached hydrogen (secondary N) is 1. The average Bonchev–Trinajstić information content (AvgIpc) is 2.63. The molecule has 2 fully saturated rings. The van der Waals surface area contributed by atoms with Crippen LogP contribution in [-0.4, -0.2) is 44.2 Å². The number of hydrogen-bond acceptors (Lipinski definition) is 4. The van der Waals surface area contributed by atoms with Crippen LogP contribution in [0.1, 0.15) is 29.6 Å². The summed E-state index contributed by atoms with van der Waals surface area (Å²) in [7, 11) is 0. The standard InChI is InChI=1S/C18H23NO4/c20-17(14-4-2-1-3-5-14)18(21)19-16-8-11-23-12-15(16)13-6-9-22-10-7-13/h1-5,13,15-16H,6-12H2,(H,19,21)/t15-,16-/m1/s1. The molecule has 2 heterocycles. The van der Waals surface area contributed by atoms with Gasteiger partial charge >= 0.3 is 0 Å². The van der Waals surface area contributed by atoms with E-state index in [1.54, 1.807) is 24.3 Å². The van der Waals surface area contributed by atoms with Gasteiger partial charge in [-0.2, -0.15) is 0 Å². The van der Waals surface area contributed by atoms with E-state index in [4.69, 9.17) is 9.47 Å². The number of ether oxygens (including phenoxy) is 2. The molecule has 5 heteroatoms. The van der Waals surface area contributed by atoms with E-state index < -0.39 is 11.7 Å². The molecular weight excluding hydrogens is 294 g/mol. The molecule has 0 saturated carbocycles. The quantitative estimate of drug-likeness (QED) is 0.679. The van der Waals surface area contributed by atoms with Crippen molar-refractivity contribution in [2.75, 3.05) is 26.4 Å². The Morgan fingerprint density at radius 1 is 0.957 bits per heavy atom. The monoisotopic (exact) mass is 317 g/mol. The van der Waals surface area contributed by atoms with Crippen molar-refractivity contribution in [3.8, 4) is 0 Å². The van der Waals surface area contributed by atoms with Gasteiger partial charge in [-0.15, -0.1) is 0 Å². The Morgan fingerprint density at radius 3 is 2.39 bits per heavy atom. The third-order valence-corrected chi connectivity index (χ3v) is 4.83. The summed E-state index contributed by atoms with van der Waals surface area (Å²) in [5.41, 5.74) is 0.430. The number of carbonyl (C=O) groups is 2. The summed E-state index contributed by atoms with van der Waals surface area (Å²) >= 11 is 0. The minimum atomic E-state index is -0.514. The Morgan fingerprint density at radius 2 is 1.65 bits per heavy atom. The van der Waals surface area contributed by atoms with Crippen molar-refractivity contribution in [1.82, 2.24) is 5.32 Å². The van der Waals surface area contributed by atoms with Crippen LogP contribution in [0.25, 0.3) is 0 Å². The fourth-order valence-electron chi connectivity index (χ4n) is 3.50. The van der Waals surface area contributed by atoms with Crippen molar-refractivity contribution in [1.29, 1.82) is 0 Å². The molecule has 124 valence electrons. The molecule has 1 aromatic carbocycles. The number of ketones is 1. The van der Waals surface area contributed by atoms with Gasteiger partial charge in [0.1, 0.15) is 0 Å². The van der Waals surface area contributed by atoms with Gasteiger partial charge < -0.3 is 14.8 Å². The highest BCUT2D eigenvalue weighted by molar-refractivity contribution is 6.42. The molecule has 2 saturated heterocycles. The first kappa shape index (κ1) is 16.1. The molecule has 0 aliphatic carbocycles. The van der Waals surface area contributed by atoms with E-state index >= 15 is 0 Å². The fourth-order valence-corrected chi connectivity index (χ4v) is 3.50. The fraction of sp³-hybridized carbons (Fsp3) is 0.556. The zero-order valence-corrected chi connectivity index (χ0v) is 13.2. The molecule has 1 amide bonds. The van der Waals surface area contributed by atoms with Crippen molar-refractivity contribution in [2.45, 2.75) is 25.3 Å². The van der Waals surface area contributed by atoms with Gasteiger partial charge in [-0.3, -0.25) is 9.59 Å². The second-order valence-electron chi connectivity index (χ2n) is 6.25. The Hall–Kier alpha value is -1.72. The van der Waals surface area contributed by atoms with E-state index in [1.807, 2.05) is 6.07 Å². The molecule has 1 N–H and O–H groups in total. The smallest absolute Gasteiger partial charge is 0.292 e. The summed E-state index contributed by atoms with van der Waals surface area (Å²) in [6.07, 6.45) is 2.75. The maximum atomic E-state index is 12.3. The molecule has 23 heavy (non-hydrogen) atoms. The molecule has 0 unspecified atom stereocenters. The van der Waals surface area contributed by atoms with Crippen LogP contribution in [0, 0.1) is 11.8 Å². The van der Waals surface area contributed by atoms with E-state index in [-0.39, 0.29) is 12.0 Å². The van der Waals surface area contributed by atoms with Gasteiger partial charge in [-0.25, -0.2) is 0 Å². The van der Waals surface area contributed by atoms with Gasteiger partial charge in [-0.05, 0) is 25.2 Å².